The fourth-order valence-corrected chi connectivity index (χ4v) is 4.18. The van der Waals surface area contributed by atoms with E-state index in [1.54, 1.807) is 30.3 Å². The average molecular weight is 285 g/mol. The Hall–Kier alpha value is -2.17. The Kier molecular flexibility index (Phi) is 2.64. The second-order valence-corrected chi connectivity index (χ2v) is 6.10. The first-order chi connectivity index (χ1) is 10.2. The number of imide groups is 1. The van der Waals surface area contributed by atoms with Crippen LogP contribution in [0.5, 0.6) is 0 Å². The van der Waals surface area contributed by atoms with Gasteiger partial charge in [-0.15, -0.1) is 5.06 Å². The molecule has 2 saturated carbocycles. The van der Waals surface area contributed by atoms with Crippen molar-refractivity contribution in [3.05, 3.63) is 35.9 Å². The second kappa shape index (κ2) is 4.41. The van der Waals surface area contributed by atoms with Crippen LogP contribution in [0.25, 0.3) is 0 Å². The zero-order valence-electron chi connectivity index (χ0n) is 11.4. The van der Waals surface area contributed by atoms with Gasteiger partial charge in [-0.05, 0) is 43.2 Å². The first-order valence-electron chi connectivity index (χ1n) is 7.32. The fourth-order valence-electron chi connectivity index (χ4n) is 4.18. The third-order valence-corrected chi connectivity index (χ3v) is 5.07. The van der Waals surface area contributed by atoms with E-state index >= 15 is 0 Å². The molecule has 1 saturated heterocycles. The molecule has 2 aliphatic carbocycles. The molecule has 4 rings (SSSR count). The lowest BCUT2D eigenvalue weighted by Crippen LogP contribution is -2.35. The van der Waals surface area contributed by atoms with Gasteiger partial charge in [-0.1, -0.05) is 18.2 Å². The topological polar surface area (TPSA) is 63.7 Å². The van der Waals surface area contributed by atoms with Crippen molar-refractivity contribution < 1.29 is 19.2 Å². The first-order valence-corrected chi connectivity index (χ1v) is 7.32. The molecule has 4 atom stereocenters. The molecular weight excluding hydrogens is 270 g/mol. The van der Waals surface area contributed by atoms with E-state index in [4.69, 9.17) is 4.84 Å². The molecule has 1 heterocycles. The van der Waals surface area contributed by atoms with Gasteiger partial charge in [0.15, 0.2) is 0 Å². The van der Waals surface area contributed by atoms with Crippen LogP contribution >= 0.6 is 0 Å². The summed E-state index contributed by atoms with van der Waals surface area (Å²) in [7, 11) is 0. The highest BCUT2D eigenvalue weighted by Gasteiger charge is 2.62. The zero-order valence-corrected chi connectivity index (χ0v) is 11.4. The summed E-state index contributed by atoms with van der Waals surface area (Å²) >= 11 is 0. The number of hydrogen-bond acceptors (Lipinski definition) is 4. The second-order valence-electron chi connectivity index (χ2n) is 6.10. The van der Waals surface area contributed by atoms with Crippen molar-refractivity contribution in [2.24, 2.45) is 23.7 Å². The van der Waals surface area contributed by atoms with Crippen molar-refractivity contribution >= 4 is 17.8 Å². The van der Waals surface area contributed by atoms with Crippen LogP contribution < -0.4 is 0 Å². The molecule has 1 aliphatic heterocycles. The number of rotatable bonds is 2. The SMILES string of the molecule is O=C(ON1C(=O)[C@H]2[C@@H]3CC[C@@H](C3)[C@@H]2C1=O)c1ccccc1. The summed E-state index contributed by atoms with van der Waals surface area (Å²) in [4.78, 5) is 41.9. The molecule has 1 aromatic rings. The maximum Gasteiger partial charge on any atom is 0.363 e. The third-order valence-electron chi connectivity index (χ3n) is 5.07. The van der Waals surface area contributed by atoms with E-state index in [9.17, 15) is 14.4 Å². The number of hydrogen-bond donors (Lipinski definition) is 0. The zero-order chi connectivity index (χ0) is 14.6. The Labute approximate surface area is 121 Å². The molecule has 2 amide bonds. The molecule has 0 aromatic heterocycles. The number of benzene rings is 1. The van der Waals surface area contributed by atoms with Gasteiger partial charge in [0.1, 0.15) is 0 Å². The van der Waals surface area contributed by atoms with Gasteiger partial charge in [0, 0.05) is 0 Å². The highest BCUT2D eigenvalue weighted by molar-refractivity contribution is 6.06. The van der Waals surface area contributed by atoms with Gasteiger partial charge < -0.3 is 4.84 Å². The summed E-state index contributed by atoms with van der Waals surface area (Å²) < 4.78 is 0. The highest BCUT2D eigenvalue weighted by Crippen LogP contribution is 2.56. The molecule has 0 unspecified atom stereocenters. The smallest absolute Gasteiger partial charge is 0.325 e. The van der Waals surface area contributed by atoms with Crippen LogP contribution in [0.2, 0.25) is 0 Å². The van der Waals surface area contributed by atoms with Crippen molar-refractivity contribution in [1.82, 2.24) is 5.06 Å². The summed E-state index contributed by atoms with van der Waals surface area (Å²) in [6, 6.07) is 8.39. The average Bonchev–Trinajstić information content (AvgIpc) is 3.18. The number of fused-ring (bicyclic) bond motifs is 5. The molecule has 1 aromatic carbocycles. The Morgan fingerprint density at radius 3 is 2.14 bits per heavy atom. The van der Waals surface area contributed by atoms with E-state index in [2.05, 4.69) is 0 Å². The number of amides is 2. The predicted molar refractivity (Wildman–Crippen MR) is 71.5 cm³/mol. The van der Waals surface area contributed by atoms with Crippen molar-refractivity contribution in [1.29, 1.82) is 0 Å². The molecule has 5 heteroatoms. The normalized spacial score (nSPS) is 33.4. The minimum Gasteiger partial charge on any atom is -0.325 e. The van der Waals surface area contributed by atoms with Crippen molar-refractivity contribution in [3.63, 3.8) is 0 Å². The number of carbonyl (C=O) groups excluding carboxylic acids is 3. The lowest BCUT2D eigenvalue weighted by atomic mass is 9.81. The molecule has 0 spiro atoms. The summed E-state index contributed by atoms with van der Waals surface area (Å²) in [6.45, 7) is 0. The van der Waals surface area contributed by atoms with Gasteiger partial charge >= 0.3 is 5.97 Å². The monoisotopic (exact) mass is 285 g/mol. The minimum absolute atomic E-state index is 0.264. The highest BCUT2D eigenvalue weighted by atomic mass is 16.7. The van der Waals surface area contributed by atoms with Crippen LogP contribution in [0.4, 0.5) is 0 Å². The van der Waals surface area contributed by atoms with Crippen LogP contribution in [-0.4, -0.2) is 22.8 Å². The molecular formula is C16H15NO4. The Morgan fingerprint density at radius 1 is 1.00 bits per heavy atom. The molecule has 0 N–H and O–H groups in total. The lowest BCUT2D eigenvalue weighted by Gasteiger charge is -2.18. The van der Waals surface area contributed by atoms with E-state index < -0.39 is 5.97 Å². The van der Waals surface area contributed by atoms with Gasteiger partial charge in [0.2, 0.25) is 0 Å². The van der Waals surface area contributed by atoms with Gasteiger partial charge in [-0.2, -0.15) is 0 Å². The largest absolute Gasteiger partial charge is 0.363 e. The summed E-state index contributed by atoms with van der Waals surface area (Å²) in [5, 5.41) is 0.717. The van der Waals surface area contributed by atoms with Crippen LogP contribution in [0.15, 0.2) is 30.3 Å². The number of nitrogens with zero attached hydrogens (tertiary/aromatic N) is 1. The van der Waals surface area contributed by atoms with Gasteiger partial charge in [-0.3, -0.25) is 9.59 Å². The predicted octanol–water partition coefficient (Wildman–Crippen LogP) is 1.79. The Morgan fingerprint density at radius 2 is 1.57 bits per heavy atom. The summed E-state index contributed by atoms with van der Waals surface area (Å²) in [6.07, 6.45) is 2.98. The Balaban J connectivity index is 1.56. The van der Waals surface area contributed by atoms with Crippen LogP contribution in [0.3, 0.4) is 0 Å². The first kappa shape index (κ1) is 12.6. The third kappa shape index (κ3) is 1.73. The number of hydroxylamine groups is 2. The Bertz CT molecular complexity index is 598. The van der Waals surface area contributed by atoms with Crippen LogP contribution in [-0.2, 0) is 14.4 Å². The van der Waals surface area contributed by atoms with Gasteiger partial charge in [0.05, 0.1) is 17.4 Å². The minimum atomic E-state index is -0.662. The quantitative estimate of drug-likeness (QED) is 0.777. The molecule has 108 valence electrons. The molecule has 0 radical (unpaired) electrons. The van der Waals surface area contributed by atoms with Crippen molar-refractivity contribution in [3.8, 4) is 0 Å². The maximum atomic E-state index is 12.4. The fraction of sp³-hybridized carbons (Fsp3) is 0.438. The molecule has 5 nitrogen and oxygen atoms in total. The molecule has 3 fully saturated rings. The van der Waals surface area contributed by atoms with Crippen LogP contribution in [0.1, 0.15) is 29.6 Å². The number of carbonyl (C=O) groups is 3. The van der Waals surface area contributed by atoms with E-state index in [0.29, 0.717) is 5.56 Å². The van der Waals surface area contributed by atoms with Gasteiger partial charge in [-0.25, -0.2) is 4.79 Å². The molecule has 3 aliphatic rings. The lowest BCUT2D eigenvalue weighted by molar-refractivity contribution is -0.175. The van der Waals surface area contributed by atoms with Crippen LogP contribution in [0, 0.1) is 23.7 Å². The standard InChI is InChI=1S/C16H15NO4/c18-14-12-10-6-7-11(8-10)13(12)15(19)17(14)21-16(20)9-4-2-1-3-5-9/h1-5,10-13H,6-8H2/t10-,11+,12-,13-/m0/s1. The summed E-state index contributed by atoms with van der Waals surface area (Å²) in [5.74, 6) is -1.28. The van der Waals surface area contributed by atoms with E-state index in [-0.39, 0.29) is 35.5 Å². The maximum absolute atomic E-state index is 12.4. The van der Waals surface area contributed by atoms with Crippen molar-refractivity contribution in [2.75, 3.05) is 0 Å². The van der Waals surface area contributed by atoms with E-state index in [1.807, 2.05) is 0 Å². The van der Waals surface area contributed by atoms with E-state index in [0.717, 1.165) is 24.3 Å². The molecule has 21 heavy (non-hydrogen) atoms. The van der Waals surface area contributed by atoms with Crippen molar-refractivity contribution in [2.45, 2.75) is 19.3 Å². The van der Waals surface area contributed by atoms with E-state index in [1.165, 1.54) is 0 Å². The molecule has 2 bridgehead atoms. The van der Waals surface area contributed by atoms with Gasteiger partial charge in [0.25, 0.3) is 11.8 Å². The summed E-state index contributed by atoms with van der Waals surface area (Å²) in [5.41, 5.74) is 0.332.